The van der Waals surface area contributed by atoms with Gasteiger partial charge in [0.1, 0.15) is 0 Å². The van der Waals surface area contributed by atoms with Crippen molar-refractivity contribution >= 4 is 0 Å². The Labute approximate surface area is 98.7 Å². The molecule has 0 aliphatic heterocycles. The van der Waals surface area contributed by atoms with E-state index < -0.39 is 0 Å². The van der Waals surface area contributed by atoms with E-state index in [9.17, 15) is 0 Å². The minimum atomic E-state index is 0.295. The summed E-state index contributed by atoms with van der Waals surface area (Å²) < 4.78 is 0. The molecular formula is C14H23NO. The van der Waals surface area contributed by atoms with Crippen molar-refractivity contribution in [2.45, 2.75) is 39.2 Å². The minimum absolute atomic E-state index is 0.295. The van der Waals surface area contributed by atoms with Crippen LogP contribution in [0.3, 0.4) is 0 Å². The maximum atomic E-state index is 8.73. The smallest absolute Gasteiger partial charge is 0.0431 e. The van der Waals surface area contributed by atoms with Gasteiger partial charge in [-0.25, -0.2) is 0 Å². The van der Waals surface area contributed by atoms with Crippen LogP contribution in [0, 0.1) is 6.92 Å². The molecule has 1 aromatic carbocycles. The molecule has 2 N–H and O–H groups in total. The third-order valence-electron chi connectivity index (χ3n) is 2.94. The van der Waals surface area contributed by atoms with Crippen molar-refractivity contribution in [2.75, 3.05) is 13.2 Å². The molecule has 2 heteroatoms. The Kier molecular flexibility index (Phi) is 6.12. The second-order valence-corrected chi connectivity index (χ2v) is 4.40. The first kappa shape index (κ1) is 13.2. The van der Waals surface area contributed by atoms with Gasteiger partial charge in [0.05, 0.1) is 0 Å². The lowest BCUT2D eigenvalue weighted by Crippen LogP contribution is -2.28. The highest BCUT2D eigenvalue weighted by Gasteiger charge is 2.01. The van der Waals surface area contributed by atoms with Crippen molar-refractivity contribution < 1.29 is 5.11 Å². The van der Waals surface area contributed by atoms with Crippen molar-refractivity contribution in [3.8, 4) is 0 Å². The number of benzene rings is 1. The molecule has 0 radical (unpaired) electrons. The summed E-state index contributed by atoms with van der Waals surface area (Å²) in [4.78, 5) is 0. The van der Waals surface area contributed by atoms with E-state index in [4.69, 9.17) is 5.11 Å². The van der Waals surface area contributed by atoms with Gasteiger partial charge in [-0.1, -0.05) is 24.3 Å². The Morgan fingerprint density at radius 2 is 2.06 bits per heavy atom. The zero-order chi connectivity index (χ0) is 11.8. The zero-order valence-corrected chi connectivity index (χ0v) is 10.4. The molecule has 1 rings (SSSR count). The maximum absolute atomic E-state index is 8.73. The quantitative estimate of drug-likeness (QED) is 0.740. The van der Waals surface area contributed by atoms with Gasteiger partial charge in [-0.2, -0.15) is 0 Å². The molecule has 0 spiro atoms. The van der Waals surface area contributed by atoms with Crippen LogP contribution in [-0.2, 0) is 6.42 Å². The normalized spacial score (nSPS) is 12.7. The highest BCUT2D eigenvalue weighted by atomic mass is 16.2. The Hall–Kier alpha value is -0.860. The van der Waals surface area contributed by atoms with E-state index >= 15 is 0 Å². The lowest BCUT2D eigenvalue weighted by Gasteiger charge is -2.13. The van der Waals surface area contributed by atoms with Gasteiger partial charge in [0.25, 0.3) is 0 Å². The molecule has 1 aromatic rings. The van der Waals surface area contributed by atoms with Crippen molar-refractivity contribution in [1.82, 2.24) is 5.32 Å². The van der Waals surface area contributed by atoms with E-state index in [1.165, 1.54) is 11.1 Å². The highest BCUT2D eigenvalue weighted by Crippen LogP contribution is 2.07. The van der Waals surface area contributed by atoms with Gasteiger partial charge < -0.3 is 10.4 Å². The van der Waals surface area contributed by atoms with Crippen molar-refractivity contribution in [3.05, 3.63) is 35.4 Å². The third-order valence-corrected chi connectivity index (χ3v) is 2.94. The molecule has 0 saturated heterocycles. The number of aryl methyl sites for hydroxylation is 1. The number of hydrogen-bond acceptors (Lipinski definition) is 2. The fourth-order valence-electron chi connectivity index (χ4n) is 1.84. The molecule has 0 amide bonds. The van der Waals surface area contributed by atoms with E-state index in [2.05, 4.69) is 43.4 Å². The molecule has 0 aliphatic rings. The second kappa shape index (κ2) is 7.42. The first-order valence-corrected chi connectivity index (χ1v) is 6.12. The first-order valence-electron chi connectivity index (χ1n) is 6.12. The molecule has 0 heterocycles. The van der Waals surface area contributed by atoms with Gasteiger partial charge in [-0.05, 0) is 50.8 Å². The lowest BCUT2D eigenvalue weighted by molar-refractivity contribution is 0.276. The Bertz CT molecular complexity index is 299. The minimum Gasteiger partial charge on any atom is -0.396 e. The van der Waals surface area contributed by atoms with Gasteiger partial charge in [0.15, 0.2) is 0 Å². The van der Waals surface area contributed by atoms with Crippen LogP contribution in [0.5, 0.6) is 0 Å². The molecule has 0 saturated carbocycles. The highest BCUT2D eigenvalue weighted by molar-refractivity contribution is 5.25. The van der Waals surface area contributed by atoms with Crippen LogP contribution in [0.2, 0.25) is 0 Å². The molecule has 2 nitrogen and oxygen atoms in total. The van der Waals surface area contributed by atoms with Crippen LogP contribution >= 0.6 is 0 Å². The van der Waals surface area contributed by atoms with E-state index in [1.54, 1.807) is 0 Å². The summed E-state index contributed by atoms with van der Waals surface area (Å²) in [5.74, 6) is 0. The summed E-state index contributed by atoms with van der Waals surface area (Å²) in [6.07, 6.45) is 3.01. The fourth-order valence-corrected chi connectivity index (χ4v) is 1.84. The zero-order valence-electron chi connectivity index (χ0n) is 10.4. The summed E-state index contributed by atoms with van der Waals surface area (Å²) in [6.45, 7) is 5.64. The standard InChI is InChI=1S/C14H23NO/c1-12-6-3-4-8-14(12)9-10-15-13(2)7-5-11-16/h3-4,6,8,13,15-16H,5,7,9-11H2,1-2H3. The van der Waals surface area contributed by atoms with Gasteiger partial charge in [0.2, 0.25) is 0 Å². The van der Waals surface area contributed by atoms with Gasteiger partial charge in [0, 0.05) is 12.6 Å². The molecule has 0 aromatic heterocycles. The SMILES string of the molecule is Cc1ccccc1CCNC(C)CCCO. The monoisotopic (exact) mass is 221 g/mol. The van der Waals surface area contributed by atoms with E-state index in [0.717, 1.165) is 25.8 Å². The van der Waals surface area contributed by atoms with Crippen LogP contribution in [0.4, 0.5) is 0 Å². The van der Waals surface area contributed by atoms with Crippen molar-refractivity contribution in [1.29, 1.82) is 0 Å². The van der Waals surface area contributed by atoms with E-state index in [0.29, 0.717) is 12.6 Å². The van der Waals surface area contributed by atoms with Crippen LogP contribution < -0.4 is 5.32 Å². The summed E-state index contributed by atoms with van der Waals surface area (Å²) in [7, 11) is 0. The number of hydrogen-bond donors (Lipinski definition) is 2. The molecule has 0 bridgehead atoms. The Morgan fingerprint density at radius 3 is 2.75 bits per heavy atom. The second-order valence-electron chi connectivity index (χ2n) is 4.40. The Balaban J connectivity index is 2.23. The molecular weight excluding hydrogens is 198 g/mol. The molecule has 0 fully saturated rings. The number of rotatable bonds is 7. The van der Waals surface area contributed by atoms with E-state index in [1.807, 2.05) is 0 Å². The van der Waals surface area contributed by atoms with Gasteiger partial charge >= 0.3 is 0 Å². The van der Waals surface area contributed by atoms with Crippen LogP contribution in [0.25, 0.3) is 0 Å². The van der Waals surface area contributed by atoms with Crippen LogP contribution in [0.1, 0.15) is 30.9 Å². The molecule has 16 heavy (non-hydrogen) atoms. The topological polar surface area (TPSA) is 32.3 Å². The fraction of sp³-hybridized carbons (Fsp3) is 0.571. The number of aliphatic hydroxyl groups excluding tert-OH is 1. The predicted molar refractivity (Wildman–Crippen MR) is 68.7 cm³/mol. The largest absolute Gasteiger partial charge is 0.396 e. The van der Waals surface area contributed by atoms with Crippen molar-refractivity contribution in [2.24, 2.45) is 0 Å². The summed E-state index contributed by atoms with van der Waals surface area (Å²) in [5, 5.41) is 12.2. The van der Waals surface area contributed by atoms with Gasteiger partial charge in [-0.15, -0.1) is 0 Å². The number of aliphatic hydroxyl groups is 1. The van der Waals surface area contributed by atoms with Gasteiger partial charge in [-0.3, -0.25) is 0 Å². The van der Waals surface area contributed by atoms with Crippen molar-refractivity contribution in [3.63, 3.8) is 0 Å². The Morgan fingerprint density at radius 1 is 1.31 bits per heavy atom. The molecule has 1 unspecified atom stereocenters. The summed E-state index contributed by atoms with van der Waals surface area (Å²) in [5.41, 5.74) is 2.79. The average molecular weight is 221 g/mol. The molecule has 0 aliphatic carbocycles. The van der Waals surface area contributed by atoms with Crippen LogP contribution in [0.15, 0.2) is 24.3 Å². The third kappa shape index (κ3) is 4.77. The predicted octanol–water partition coefficient (Wildman–Crippen LogP) is 2.29. The van der Waals surface area contributed by atoms with E-state index in [-0.39, 0.29) is 0 Å². The number of nitrogens with one attached hydrogen (secondary N) is 1. The summed E-state index contributed by atoms with van der Waals surface area (Å²) in [6, 6.07) is 9.02. The maximum Gasteiger partial charge on any atom is 0.0431 e. The molecule has 90 valence electrons. The molecule has 1 atom stereocenters. The summed E-state index contributed by atoms with van der Waals surface area (Å²) >= 11 is 0. The average Bonchev–Trinajstić information content (AvgIpc) is 2.29. The van der Waals surface area contributed by atoms with Crippen LogP contribution in [-0.4, -0.2) is 24.3 Å². The first-order chi connectivity index (χ1) is 7.74. The lowest BCUT2D eigenvalue weighted by atomic mass is 10.1.